The van der Waals surface area contributed by atoms with Crippen molar-refractivity contribution in [1.82, 2.24) is 0 Å². The van der Waals surface area contributed by atoms with Gasteiger partial charge in [-0.05, 0) is 46.4 Å². The second kappa shape index (κ2) is 5.05. The maximum Gasteiger partial charge on any atom is 0.0406 e. The Hall–Kier alpha value is -2.05. The summed E-state index contributed by atoms with van der Waals surface area (Å²) >= 11 is 6.03. The highest BCUT2D eigenvalue weighted by Crippen LogP contribution is 2.42. The van der Waals surface area contributed by atoms with Crippen molar-refractivity contribution in [1.29, 1.82) is 0 Å². The summed E-state index contributed by atoms with van der Waals surface area (Å²) in [4.78, 5) is 0. The van der Waals surface area contributed by atoms with E-state index in [1.807, 2.05) is 12.1 Å². The molecule has 4 rings (SSSR count). The third kappa shape index (κ3) is 2.16. The van der Waals surface area contributed by atoms with Gasteiger partial charge >= 0.3 is 0 Å². The SMILES string of the molecule is Clc1ccc([C@H]2Cc3ccccc3-c3ccccc32)cc1. The monoisotopic (exact) mass is 290 g/mol. The van der Waals surface area contributed by atoms with Gasteiger partial charge in [0.2, 0.25) is 0 Å². The fraction of sp³-hybridized carbons (Fsp3) is 0.100. The first-order valence-corrected chi connectivity index (χ1v) is 7.63. The summed E-state index contributed by atoms with van der Waals surface area (Å²) in [6.45, 7) is 0. The molecule has 0 N–H and O–H groups in total. The molecule has 0 heterocycles. The van der Waals surface area contributed by atoms with Gasteiger partial charge in [0.1, 0.15) is 0 Å². The van der Waals surface area contributed by atoms with Crippen LogP contribution in [0.4, 0.5) is 0 Å². The van der Waals surface area contributed by atoms with Crippen molar-refractivity contribution in [3.63, 3.8) is 0 Å². The molecule has 0 nitrogen and oxygen atoms in total. The third-order valence-corrected chi connectivity index (χ3v) is 4.59. The van der Waals surface area contributed by atoms with E-state index in [0.717, 1.165) is 11.4 Å². The van der Waals surface area contributed by atoms with E-state index in [1.54, 1.807) is 0 Å². The van der Waals surface area contributed by atoms with E-state index in [9.17, 15) is 0 Å². The summed E-state index contributed by atoms with van der Waals surface area (Å²) in [5, 5.41) is 0.795. The molecule has 0 saturated heterocycles. The Morgan fingerprint density at radius 3 is 2.19 bits per heavy atom. The van der Waals surface area contributed by atoms with E-state index < -0.39 is 0 Å². The van der Waals surface area contributed by atoms with Gasteiger partial charge in [-0.3, -0.25) is 0 Å². The number of rotatable bonds is 1. The molecule has 0 bridgehead atoms. The highest BCUT2D eigenvalue weighted by molar-refractivity contribution is 6.30. The largest absolute Gasteiger partial charge is 0.0843 e. The average Bonchev–Trinajstić information content (AvgIpc) is 2.55. The van der Waals surface area contributed by atoms with Gasteiger partial charge in [-0.1, -0.05) is 72.3 Å². The molecule has 21 heavy (non-hydrogen) atoms. The van der Waals surface area contributed by atoms with Crippen LogP contribution in [0.3, 0.4) is 0 Å². The van der Waals surface area contributed by atoms with Crippen LogP contribution in [0.2, 0.25) is 5.02 Å². The van der Waals surface area contributed by atoms with Crippen LogP contribution in [0.15, 0.2) is 72.8 Å². The summed E-state index contributed by atoms with van der Waals surface area (Å²) in [6.07, 6.45) is 1.05. The molecule has 1 aliphatic rings. The van der Waals surface area contributed by atoms with Crippen LogP contribution >= 0.6 is 11.6 Å². The molecule has 3 aromatic rings. The second-order valence-electron chi connectivity index (χ2n) is 5.55. The molecule has 0 radical (unpaired) electrons. The van der Waals surface area contributed by atoms with Crippen molar-refractivity contribution >= 4 is 11.6 Å². The summed E-state index contributed by atoms with van der Waals surface area (Å²) in [7, 11) is 0. The van der Waals surface area contributed by atoms with E-state index in [-0.39, 0.29) is 0 Å². The lowest BCUT2D eigenvalue weighted by Gasteiger charge is -2.28. The van der Waals surface area contributed by atoms with Crippen molar-refractivity contribution in [2.75, 3.05) is 0 Å². The average molecular weight is 291 g/mol. The molecule has 0 unspecified atom stereocenters. The van der Waals surface area contributed by atoms with Gasteiger partial charge in [0.25, 0.3) is 0 Å². The quantitative estimate of drug-likeness (QED) is 0.540. The first kappa shape index (κ1) is 12.7. The van der Waals surface area contributed by atoms with E-state index in [4.69, 9.17) is 11.6 Å². The van der Waals surface area contributed by atoms with Crippen LogP contribution in [0, 0.1) is 0 Å². The molecule has 3 aromatic carbocycles. The molecule has 0 spiro atoms. The number of fused-ring (bicyclic) bond motifs is 3. The second-order valence-corrected chi connectivity index (χ2v) is 5.99. The van der Waals surface area contributed by atoms with Gasteiger partial charge in [-0.15, -0.1) is 0 Å². The zero-order chi connectivity index (χ0) is 14.2. The fourth-order valence-electron chi connectivity index (χ4n) is 3.33. The Kier molecular flexibility index (Phi) is 3.05. The molecule has 0 aliphatic heterocycles. The lowest BCUT2D eigenvalue weighted by atomic mass is 9.76. The Morgan fingerprint density at radius 1 is 0.714 bits per heavy atom. The molecule has 102 valence electrons. The zero-order valence-corrected chi connectivity index (χ0v) is 12.3. The summed E-state index contributed by atoms with van der Waals surface area (Å²) in [6, 6.07) is 25.7. The zero-order valence-electron chi connectivity index (χ0n) is 11.6. The van der Waals surface area contributed by atoms with Gasteiger partial charge in [0.15, 0.2) is 0 Å². The molecule has 0 amide bonds. The lowest BCUT2D eigenvalue weighted by Crippen LogP contribution is -2.12. The Labute approximate surface area is 130 Å². The predicted octanol–water partition coefficient (Wildman–Crippen LogP) is 5.70. The lowest BCUT2D eigenvalue weighted by molar-refractivity contribution is 0.794. The number of hydrogen-bond donors (Lipinski definition) is 0. The first-order valence-electron chi connectivity index (χ1n) is 7.25. The van der Waals surface area contributed by atoms with Crippen molar-refractivity contribution in [3.8, 4) is 11.1 Å². The highest BCUT2D eigenvalue weighted by atomic mass is 35.5. The van der Waals surface area contributed by atoms with Gasteiger partial charge in [0.05, 0.1) is 0 Å². The molecular weight excluding hydrogens is 276 g/mol. The topological polar surface area (TPSA) is 0 Å². The van der Waals surface area contributed by atoms with Crippen molar-refractivity contribution in [2.45, 2.75) is 12.3 Å². The standard InChI is InChI=1S/C20H15Cl/c21-16-11-9-14(10-12-16)20-13-15-5-1-2-6-17(15)18-7-3-4-8-19(18)20/h1-12,20H,13H2/t20-/m1/s1. The van der Waals surface area contributed by atoms with Gasteiger partial charge in [-0.2, -0.15) is 0 Å². The molecule has 0 aromatic heterocycles. The number of halogens is 1. The summed E-state index contributed by atoms with van der Waals surface area (Å²) < 4.78 is 0. The molecular formula is C20H15Cl. The van der Waals surface area contributed by atoms with Gasteiger partial charge in [0, 0.05) is 10.9 Å². The molecule has 1 heteroatoms. The van der Waals surface area contributed by atoms with Crippen LogP contribution in [0.5, 0.6) is 0 Å². The molecule has 1 atom stereocenters. The fourth-order valence-corrected chi connectivity index (χ4v) is 3.46. The van der Waals surface area contributed by atoms with Gasteiger partial charge < -0.3 is 0 Å². The van der Waals surface area contributed by atoms with Gasteiger partial charge in [-0.25, -0.2) is 0 Å². The maximum atomic E-state index is 6.03. The van der Waals surface area contributed by atoms with Crippen molar-refractivity contribution in [2.24, 2.45) is 0 Å². The Morgan fingerprint density at radius 2 is 1.38 bits per heavy atom. The van der Waals surface area contributed by atoms with E-state index in [0.29, 0.717) is 5.92 Å². The minimum absolute atomic E-state index is 0.411. The smallest absolute Gasteiger partial charge is 0.0406 e. The van der Waals surface area contributed by atoms with Crippen LogP contribution < -0.4 is 0 Å². The van der Waals surface area contributed by atoms with Crippen LogP contribution in [-0.2, 0) is 6.42 Å². The van der Waals surface area contributed by atoms with Crippen molar-refractivity contribution < 1.29 is 0 Å². The molecule has 0 fully saturated rings. The Bertz CT molecular complexity index is 787. The first-order chi connectivity index (χ1) is 10.3. The normalized spacial score (nSPS) is 16.1. The molecule has 1 aliphatic carbocycles. The minimum atomic E-state index is 0.411. The number of benzene rings is 3. The van der Waals surface area contributed by atoms with Crippen LogP contribution in [0.25, 0.3) is 11.1 Å². The Balaban J connectivity index is 1.90. The summed E-state index contributed by atoms with van der Waals surface area (Å²) in [5.41, 5.74) is 6.91. The highest BCUT2D eigenvalue weighted by Gasteiger charge is 2.25. The summed E-state index contributed by atoms with van der Waals surface area (Å²) in [5.74, 6) is 0.411. The number of hydrogen-bond acceptors (Lipinski definition) is 0. The predicted molar refractivity (Wildman–Crippen MR) is 88.9 cm³/mol. The third-order valence-electron chi connectivity index (χ3n) is 4.34. The van der Waals surface area contributed by atoms with E-state index in [1.165, 1.54) is 27.8 Å². The van der Waals surface area contributed by atoms with Crippen LogP contribution in [0.1, 0.15) is 22.6 Å². The van der Waals surface area contributed by atoms with E-state index in [2.05, 4.69) is 60.7 Å². The van der Waals surface area contributed by atoms with Crippen LogP contribution in [-0.4, -0.2) is 0 Å². The van der Waals surface area contributed by atoms with E-state index >= 15 is 0 Å². The van der Waals surface area contributed by atoms with Crippen molar-refractivity contribution in [3.05, 3.63) is 94.5 Å². The maximum absolute atomic E-state index is 6.03. The molecule has 0 saturated carbocycles. The minimum Gasteiger partial charge on any atom is -0.0843 e.